The first-order chi connectivity index (χ1) is 10.8. The first-order valence-electron chi connectivity index (χ1n) is 7.36. The number of rotatable bonds is 3. The van der Waals surface area contributed by atoms with Crippen LogP contribution in [0.2, 0.25) is 0 Å². The van der Waals surface area contributed by atoms with E-state index in [1.165, 1.54) is 5.56 Å². The molecule has 0 amide bonds. The van der Waals surface area contributed by atoms with Gasteiger partial charge in [0, 0.05) is 10.9 Å². The molecule has 0 aliphatic heterocycles. The quantitative estimate of drug-likeness (QED) is 0.574. The number of hydrogen-bond donors (Lipinski definition) is 2. The Balaban J connectivity index is 0.00000156. The molecule has 1 atom stereocenters. The van der Waals surface area contributed by atoms with Crippen molar-refractivity contribution in [3.05, 3.63) is 66.5 Å². The zero-order valence-corrected chi connectivity index (χ0v) is 13.5. The predicted molar refractivity (Wildman–Crippen MR) is 97.1 cm³/mol. The van der Waals surface area contributed by atoms with Gasteiger partial charge in [0.05, 0.1) is 6.04 Å². The molecule has 116 valence electrons. The van der Waals surface area contributed by atoms with Crippen molar-refractivity contribution in [3.8, 4) is 0 Å². The summed E-state index contributed by atoms with van der Waals surface area (Å²) in [7, 11) is 0. The summed E-state index contributed by atoms with van der Waals surface area (Å²) in [5, 5.41) is 4.60. The van der Waals surface area contributed by atoms with E-state index >= 15 is 0 Å². The number of nitrogens with zero attached hydrogens (tertiary/aromatic N) is 2. The van der Waals surface area contributed by atoms with Crippen LogP contribution >= 0.6 is 12.4 Å². The second kappa shape index (κ2) is 6.26. The minimum absolute atomic E-state index is 0. The van der Waals surface area contributed by atoms with Crippen molar-refractivity contribution in [3.63, 3.8) is 0 Å². The monoisotopic (exact) mass is 324 g/mol. The average molecular weight is 325 g/mol. The number of benzene rings is 2. The zero-order valence-electron chi connectivity index (χ0n) is 12.7. The molecular weight excluding hydrogens is 308 g/mol. The molecule has 0 unspecified atom stereocenters. The van der Waals surface area contributed by atoms with E-state index in [1.54, 1.807) is 6.33 Å². The fraction of sp³-hybridized carbons (Fsp3) is 0.111. The maximum absolute atomic E-state index is 4.43. The molecule has 4 rings (SSSR count). The summed E-state index contributed by atoms with van der Waals surface area (Å²) in [5.74, 6) is 0.831. The Morgan fingerprint density at radius 3 is 2.52 bits per heavy atom. The van der Waals surface area contributed by atoms with Crippen molar-refractivity contribution < 1.29 is 0 Å². The first kappa shape index (κ1) is 15.3. The lowest BCUT2D eigenvalue weighted by atomic mass is 10.1. The Hall–Kier alpha value is -2.59. The lowest BCUT2D eigenvalue weighted by Gasteiger charge is -2.15. The molecule has 0 fully saturated rings. The highest BCUT2D eigenvalue weighted by atomic mass is 35.5. The van der Waals surface area contributed by atoms with Crippen LogP contribution in [0.3, 0.4) is 0 Å². The molecule has 4 aromatic rings. The van der Waals surface area contributed by atoms with Crippen LogP contribution in [0.4, 0.5) is 5.82 Å². The fourth-order valence-electron chi connectivity index (χ4n) is 2.78. The van der Waals surface area contributed by atoms with E-state index in [0.717, 1.165) is 27.8 Å². The molecule has 2 aromatic carbocycles. The summed E-state index contributed by atoms with van der Waals surface area (Å²) in [6, 6.07) is 18.7. The number of anilines is 1. The summed E-state index contributed by atoms with van der Waals surface area (Å²) in [4.78, 5) is 12.3. The van der Waals surface area contributed by atoms with Gasteiger partial charge in [0.2, 0.25) is 0 Å². The van der Waals surface area contributed by atoms with Crippen molar-refractivity contribution >= 4 is 40.2 Å². The van der Waals surface area contributed by atoms with E-state index in [4.69, 9.17) is 0 Å². The number of halogens is 1. The molecule has 0 saturated heterocycles. The van der Waals surface area contributed by atoms with E-state index < -0.39 is 0 Å². The van der Waals surface area contributed by atoms with Gasteiger partial charge in [-0.3, -0.25) is 0 Å². The molecule has 2 heterocycles. The number of aromatic nitrogens is 3. The summed E-state index contributed by atoms with van der Waals surface area (Å²) < 4.78 is 0. The highest BCUT2D eigenvalue weighted by Gasteiger charge is 2.12. The van der Waals surface area contributed by atoms with Gasteiger partial charge >= 0.3 is 0 Å². The maximum Gasteiger partial charge on any atom is 0.154 e. The molecule has 5 heteroatoms. The highest BCUT2D eigenvalue weighted by Crippen LogP contribution is 2.28. The lowest BCUT2D eigenvalue weighted by Crippen LogP contribution is -2.08. The van der Waals surface area contributed by atoms with Crippen molar-refractivity contribution in [2.24, 2.45) is 0 Å². The Kier molecular flexibility index (Phi) is 4.17. The van der Waals surface area contributed by atoms with Crippen LogP contribution < -0.4 is 5.32 Å². The van der Waals surface area contributed by atoms with Crippen LogP contribution in [-0.4, -0.2) is 15.0 Å². The lowest BCUT2D eigenvalue weighted by molar-refractivity contribution is 0.875. The Labute approximate surface area is 140 Å². The van der Waals surface area contributed by atoms with Gasteiger partial charge in [0.25, 0.3) is 0 Å². The Bertz CT molecular complexity index is 933. The number of H-pyrrole nitrogens is 1. The van der Waals surface area contributed by atoms with E-state index in [1.807, 2.05) is 30.3 Å². The van der Waals surface area contributed by atoms with Gasteiger partial charge in [0.15, 0.2) is 5.82 Å². The number of fused-ring (bicyclic) bond motifs is 3. The number of para-hydroxylation sites is 1. The summed E-state index contributed by atoms with van der Waals surface area (Å²) >= 11 is 0. The van der Waals surface area contributed by atoms with E-state index in [0.29, 0.717) is 0 Å². The third-order valence-corrected chi connectivity index (χ3v) is 3.94. The van der Waals surface area contributed by atoms with Crippen molar-refractivity contribution in [2.75, 3.05) is 5.32 Å². The third kappa shape index (κ3) is 2.73. The standard InChI is InChI=1S/C18H16N4.ClH/c1-12(13-7-3-2-4-8-13)21-18-17-16(19-11-20-18)14-9-5-6-10-15(14)22-17;/h2-12,22H,1H3,(H,19,20,21);1H/t12-;/m1./s1. The van der Waals surface area contributed by atoms with Crippen LogP contribution in [0.25, 0.3) is 21.9 Å². The average Bonchev–Trinajstić information content (AvgIpc) is 2.95. The number of aromatic amines is 1. The molecule has 4 nitrogen and oxygen atoms in total. The van der Waals surface area contributed by atoms with Gasteiger partial charge in [-0.15, -0.1) is 12.4 Å². The summed E-state index contributed by atoms with van der Waals surface area (Å²) in [6.45, 7) is 2.13. The SMILES string of the molecule is C[C@@H](Nc1ncnc2c1[nH]c1ccccc12)c1ccccc1.Cl. The van der Waals surface area contributed by atoms with E-state index in [2.05, 4.69) is 51.5 Å². The van der Waals surface area contributed by atoms with Gasteiger partial charge in [-0.2, -0.15) is 0 Å². The maximum atomic E-state index is 4.43. The minimum atomic E-state index is 0. The summed E-state index contributed by atoms with van der Waals surface area (Å²) in [5.41, 5.74) is 4.21. The molecular formula is C18H17ClN4. The number of nitrogens with one attached hydrogen (secondary N) is 2. The molecule has 0 aliphatic rings. The van der Waals surface area contributed by atoms with Crippen molar-refractivity contribution in [1.29, 1.82) is 0 Å². The number of hydrogen-bond acceptors (Lipinski definition) is 3. The molecule has 0 aliphatic carbocycles. The van der Waals surface area contributed by atoms with Crippen LogP contribution in [0.15, 0.2) is 60.9 Å². The fourth-order valence-corrected chi connectivity index (χ4v) is 2.78. The third-order valence-electron chi connectivity index (χ3n) is 3.94. The van der Waals surface area contributed by atoms with Crippen molar-refractivity contribution in [2.45, 2.75) is 13.0 Å². The van der Waals surface area contributed by atoms with Crippen molar-refractivity contribution in [1.82, 2.24) is 15.0 Å². The van der Waals surface area contributed by atoms with E-state index in [9.17, 15) is 0 Å². The van der Waals surface area contributed by atoms with Crippen LogP contribution in [0.5, 0.6) is 0 Å². The molecule has 2 aromatic heterocycles. The smallest absolute Gasteiger partial charge is 0.154 e. The molecule has 23 heavy (non-hydrogen) atoms. The van der Waals surface area contributed by atoms with Gasteiger partial charge < -0.3 is 10.3 Å². The van der Waals surface area contributed by atoms with Crippen LogP contribution in [-0.2, 0) is 0 Å². The van der Waals surface area contributed by atoms with Crippen LogP contribution in [0, 0.1) is 0 Å². The molecule has 0 bridgehead atoms. The van der Waals surface area contributed by atoms with Gasteiger partial charge in [-0.05, 0) is 18.6 Å². The topological polar surface area (TPSA) is 53.6 Å². The van der Waals surface area contributed by atoms with Gasteiger partial charge in [-0.25, -0.2) is 9.97 Å². The molecule has 2 N–H and O–H groups in total. The summed E-state index contributed by atoms with van der Waals surface area (Å²) in [6.07, 6.45) is 1.61. The van der Waals surface area contributed by atoms with Crippen LogP contribution in [0.1, 0.15) is 18.5 Å². The van der Waals surface area contributed by atoms with E-state index in [-0.39, 0.29) is 18.4 Å². The second-order valence-electron chi connectivity index (χ2n) is 5.39. The molecule has 0 saturated carbocycles. The van der Waals surface area contributed by atoms with Gasteiger partial charge in [0.1, 0.15) is 17.4 Å². The molecule has 0 spiro atoms. The normalized spacial score (nSPS) is 12.0. The predicted octanol–water partition coefficient (Wildman–Crippen LogP) is 4.71. The Morgan fingerprint density at radius 2 is 1.70 bits per heavy atom. The second-order valence-corrected chi connectivity index (χ2v) is 5.39. The molecule has 0 radical (unpaired) electrons. The van der Waals surface area contributed by atoms with Gasteiger partial charge in [-0.1, -0.05) is 48.5 Å². The first-order valence-corrected chi connectivity index (χ1v) is 7.36. The zero-order chi connectivity index (χ0) is 14.9. The minimum Gasteiger partial charge on any atom is -0.362 e. The Morgan fingerprint density at radius 1 is 0.957 bits per heavy atom. The largest absolute Gasteiger partial charge is 0.362 e. The highest BCUT2D eigenvalue weighted by molar-refractivity contribution is 6.07.